The Balaban J connectivity index is 1.95. The smallest absolute Gasteiger partial charge is 0.119 e. The van der Waals surface area contributed by atoms with Crippen molar-refractivity contribution in [3.63, 3.8) is 0 Å². The molecule has 0 unspecified atom stereocenters. The Bertz CT molecular complexity index is 546. The van der Waals surface area contributed by atoms with E-state index in [1.807, 2.05) is 31.2 Å². The first-order valence-electron chi connectivity index (χ1n) is 7.64. The Morgan fingerprint density at radius 3 is 2.57 bits per heavy atom. The number of hydrogen-bond donors (Lipinski definition) is 2. The first-order valence-corrected chi connectivity index (χ1v) is 7.64. The largest absolute Gasteiger partial charge is 0.494 e. The van der Waals surface area contributed by atoms with E-state index in [0.717, 1.165) is 41.3 Å². The highest BCUT2D eigenvalue weighted by Crippen LogP contribution is 2.25. The molecule has 2 aromatic rings. The van der Waals surface area contributed by atoms with Crippen molar-refractivity contribution >= 4 is 0 Å². The van der Waals surface area contributed by atoms with Crippen molar-refractivity contribution in [3.05, 3.63) is 35.5 Å². The van der Waals surface area contributed by atoms with Crippen LogP contribution in [0.2, 0.25) is 0 Å². The number of aromatic nitrogens is 2. The summed E-state index contributed by atoms with van der Waals surface area (Å²) in [5.74, 6) is 0.882. The number of hydrogen-bond acceptors (Lipinski definition) is 3. The van der Waals surface area contributed by atoms with Crippen molar-refractivity contribution < 1.29 is 9.84 Å². The van der Waals surface area contributed by atoms with E-state index in [1.54, 1.807) is 0 Å². The van der Waals surface area contributed by atoms with Crippen LogP contribution in [0.3, 0.4) is 0 Å². The summed E-state index contributed by atoms with van der Waals surface area (Å²) >= 11 is 0. The van der Waals surface area contributed by atoms with Crippen molar-refractivity contribution in [1.29, 1.82) is 0 Å². The van der Waals surface area contributed by atoms with Crippen LogP contribution in [0.5, 0.6) is 5.75 Å². The molecule has 0 aliphatic heterocycles. The fourth-order valence-electron chi connectivity index (χ4n) is 2.31. The van der Waals surface area contributed by atoms with Gasteiger partial charge < -0.3 is 9.84 Å². The molecule has 2 rings (SSSR count). The van der Waals surface area contributed by atoms with Gasteiger partial charge in [-0.3, -0.25) is 5.10 Å². The van der Waals surface area contributed by atoms with Gasteiger partial charge in [-0.25, -0.2) is 0 Å². The Morgan fingerprint density at radius 1 is 1.14 bits per heavy atom. The number of rotatable bonds is 8. The van der Waals surface area contributed by atoms with Gasteiger partial charge in [0.05, 0.1) is 18.9 Å². The topological polar surface area (TPSA) is 58.1 Å². The lowest BCUT2D eigenvalue weighted by Gasteiger charge is -2.07. The zero-order chi connectivity index (χ0) is 15.1. The third kappa shape index (κ3) is 4.08. The number of H-pyrrole nitrogens is 1. The van der Waals surface area contributed by atoms with Gasteiger partial charge >= 0.3 is 0 Å². The quantitative estimate of drug-likeness (QED) is 0.726. The minimum atomic E-state index is -0.00660. The van der Waals surface area contributed by atoms with Gasteiger partial charge in [-0.2, -0.15) is 5.10 Å². The highest BCUT2D eigenvalue weighted by atomic mass is 16.5. The molecule has 0 atom stereocenters. The highest BCUT2D eigenvalue weighted by molar-refractivity contribution is 5.64. The molecule has 0 radical (unpaired) electrons. The van der Waals surface area contributed by atoms with E-state index >= 15 is 0 Å². The number of aryl methyl sites for hydroxylation is 1. The molecule has 0 bridgehead atoms. The van der Waals surface area contributed by atoms with Crippen molar-refractivity contribution in [3.8, 4) is 17.0 Å². The zero-order valence-electron chi connectivity index (χ0n) is 12.9. The molecule has 0 aliphatic carbocycles. The summed E-state index contributed by atoms with van der Waals surface area (Å²) in [5, 5.41) is 16.6. The molecule has 0 aliphatic rings. The second-order valence-electron chi connectivity index (χ2n) is 5.27. The van der Waals surface area contributed by atoms with Crippen LogP contribution in [0.25, 0.3) is 11.3 Å². The molecule has 4 nitrogen and oxygen atoms in total. The molecular formula is C17H24N2O2. The summed E-state index contributed by atoms with van der Waals surface area (Å²) in [7, 11) is 0. The van der Waals surface area contributed by atoms with E-state index in [1.165, 1.54) is 19.3 Å². The second-order valence-corrected chi connectivity index (χ2v) is 5.27. The van der Waals surface area contributed by atoms with Gasteiger partial charge in [0, 0.05) is 16.8 Å². The van der Waals surface area contributed by atoms with Gasteiger partial charge in [0.25, 0.3) is 0 Å². The lowest BCUT2D eigenvalue weighted by atomic mass is 10.1. The van der Waals surface area contributed by atoms with Crippen LogP contribution in [-0.2, 0) is 6.61 Å². The highest BCUT2D eigenvalue weighted by Gasteiger charge is 2.11. The van der Waals surface area contributed by atoms with Crippen LogP contribution in [0.15, 0.2) is 24.3 Å². The number of benzene rings is 1. The van der Waals surface area contributed by atoms with Gasteiger partial charge in [-0.05, 0) is 37.6 Å². The Morgan fingerprint density at radius 2 is 1.90 bits per heavy atom. The fourth-order valence-corrected chi connectivity index (χ4v) is 2.31. The second kappa shape index (κ2) is 7.84. The van der Waals surface area contributed by atoms with Gasteiger partial charge in [-0.1, -0.05) is 26.2 Å². The molecule has 114 valence electrons. The van der Waals surface area contributed by atoms with E-state index in [9.17, 15) is 5.11 Å². The van der Waals surface area contributed by atoms with Gasteiger partial charge in [0.2, 0.25) is 0 Å². The fraction of sp³-hybridized carbons (Fsp3) is 0.471. The maximum atomic E-state index is 9.41. The van der Waals surface area contributed by atoms with E-state index in [0.29, 0.717) is 0 Å². The van der Waals surface area contributed by atoms with Gasteiger partial charge in [0.1, 0.15) is 5.75 Å². The molecule has 0 fully saturated rings. The Labute approximate surface area is 126 Å². The number of aromatic amines is 1. The molecule has 1 aromatic heterocycles. The van der Waals surface area contributed by atoms with Crippen molar-refractivity contribution in [2.24, 2.45) is 0 Å². The predicted octanol–water partition coefficient (Wildman–Crippen LogP) is 3.84. The van der Waals surface area contributed by atoms with Crippen LogP contribution < -0.4 is 4.74 Å². The molecule has 4 heteroatoms. The maximum Gasteiger partial charge on any atom is 0.119 e. The minimum absolute atomic E-state index is 0.00660. The Kier molecular flexibility index (Phi) is 5.81. The minimum Gasteiger partial charge on any atom is -0.494 e. The molecule has 2 N–H and O–H groups in total. The van der Waals surface area contributed by atoms with Crippen LogP contribution in [0.1, 0.15) is 43.9 Å². The first kappa shape index (κ1) is 15.6. The molecule has 1 aromatic carbocycles. The first-order chi connectivity index (χ1) is 10.3. The molecule has 0 spiro atoms. The number of nitrogens with zero attached hydrogens (tertiary/aromatic N) is 1. The average Bonchev–Trinajstić information content (AvgIpc) is 2.88. The summed E-state index contributed by atoms with van der Waals surface area (Å²) in [6.45, 7) is 4.88. The zero-order valence-corrected chi connectivity index (χ0v) is 12.9. The van der Waals surface area contributed by atoms with Crippen molar-refractivity contribution in [1.82, 2.24) is 10.2 Å². The number of unbranched alkanes of at least 4 members (excludes halogenated alkanes) is 3. The lowest BCUT2D eigenvalue weighted by Crippen LogP contribution is -1.97. The third-order valence-corrected chi connectivity index (χ3v) is 3.63. The van der Waals surface area contributed by atoms with Crippen LogP contribution in [0, 0.1) is 6.92 Å². The number of nitrogens with one attached hydrogen (secondary N) is 1. The van der Waals surface area contributed by atoms with Crippen molar-refractivity contribution in [2.75, 3.05) is 6.61 Å². The average molecular weight is 288 g/mol. The number of aliphatic hydroxyl groups is 1. The Hall–Kier alpha value is -1.81. The van der Waals surface area contributed by atoms with Crippen LogP contribution >= 0.6 is 0 Å². The summed E-state index contributed by atoms with van der Waals surface area (Å²) in [4.78, 5) is 0. The molecule has 0 saturated carbocycles. The van der Waals surface area contributed by atoms with E-state index < -0.39 is 0 Å². The van der Waals surface area contributed by atoms with Crippen LogP contribution in [0.4, 0.5) is 0 Å². The lowest BCUT2D eigenvalue weighted by molar-refractivity contribution is 0.281. The summed E-state index contributed by atoms with van der Waals surface area (Å²) in [6, 6.07) is 7.88. The molecular weight excluding hydrogens is 264 g/mol. The molecule has 0 saturated heterocycles. The van der Waals surface area contributed by atoms with Crippen molar-refractivity contribution in [2.45, 2.75) is 46.1 Å². The molecule has 0 amide bonds. The normalized spacial score (nSPS) is 10.8. The summed E-state index contributed by atoms with van der Waals surface area (Å²) in [6.07, 6.45) is 4.83. The standard InChI is InChI=1S/C17H24N2O2/c1-3-4-5-6-11-21-15-9-7-14(8-10-15)17-16(12-20)13(2)18-19-17/h7-10,20H,3-6,11-12H2,1-2H3,(H,18,19). The van der Waals surface area contributed by atoms with E-state index in [-0.39, 0.29) is 6.61 Å². The van der Waals surface area contributed by atoms with E-state index in [2.05, 4.69) is 17.1 Å². The third-order valence-electron chi connectivity index (χ3n) is 3.63. The summed E-state index contributed by atoms with van der Waals surface area (Å²) < 4.78 is 5.73. The molecule has 21 heavy (non-hydrogen) atoms. The predicted molar refractivity (Wildman–Crippen MR) is 84.3 cm³/mol. The molecule has 1 heterocycles. The number of aliphatic hydroxyl groups excluding tert-OH is 1. The number of ether oxygens (including phenoxy) is 1. The summed E-state index contributed by atoms with van der Waals surface area (Å²) in [5.41, 5.74) is 3.55. The maximum absolute atomic E-state index is 9.41. The van der Waals surface area contributed by atoms with E-state index in [4.69, 9.17) is 4.74 Å². The van der Waals surface area contributed by atoms with Gasteiger partial charge in [0.15, 0.2) is 0 Å². The monoisotopic (exact) mass is 288 g/mol. The SMILES string of the molecule is CCCCCCOc1ccc(-c2n[nH]c(C)c2CO)cc1. The van der Waals surface area contributed by atoms with Crippen LogP contribution in [-0.4, -0.2) is 21.9 Å². The van der Waals surface area contributed by atoms with Gasteiger partial charge in [-0.15, -0.1) is 0 Å².